The second-order valence-electron chi connectivity index (χ2n) is 20.4. The van der Waals surface area contributed by atoms with Crippen molar-refractivity contribution < 1.29 is 0 Å². The Labute approximate surface area is 435 Å². The fourth-order valence-corrected chi connectivity index (χ4v) is 11.5. The SMILES string of the molecule is CC1(C)c2ccc(-c3ccc(-c4ccccc4-c4cc(-c5ccccc5-c5ccc(-c6cccc(Br)c6)nc5)cc(-c5ccccc5-c5ccc(-c6cccc(Br)c6)nc5)c4)cn3)cc2C(C)(C)C1(C)C. The van der Waals surface area contributed by atoms with E-state index < -0.39 is 0 Å². The van der Waals surface area contributed by atoms with E-state index in [9.17, 15) is 0 Å². The van der Waals surface area contributed by atoms with Crippen LogP contribution < -0.4 is 0 Å². The number of aromatic nitrogens is 3. The van der Waals surface area contributed by atoms with Crippen molar-refractivity contribution in [3.8, 4) is 101 Å². The minimum atomic E-state index is 0.0125. The number of nitrogens with zero attached hydrogens (tertiary/aromatic N) is 3. The van der Waals surface area contributed by atoms with Gasteiger partial charge in [0, 0.05) is 60.9 Å². The number of rotatable bonds is 9. The van der Waals surface area contributed by atoms with Crippen molar-refractivity contribution in [1.82, 2.24) is 15.0 Å². The number of pyridine rings is 3. The molecule has 5 heteroatoms. The fraction of sp³-hybridized carbons (Fsp3) is 0.136. The Bertz CT molecular complexity index is 3480. The van der Waals surface area contributed by atoms with Gasteiger partial charge in [0.2, 0.25) is 0 Å². The van der Waals surface area contributed by atoms with E-state index in [1.54, 1.807) is 0 Å². The highest BCUT2D eigenvalue weighted by atomic mass is 79.9. The number of halogens is 2. The van der Waals surface area contributed by atoms with E-state index in [0.29, 0.717) is 0 Å². The molecule has 346 valence electrons. The average molecular weight is 1050 g/mol. The molecular formula is C66H53Br2N3. The smallest absolute Gasteiger partial charge is 0.0702 e. The Kier molecular flexibility index (Phi) is 11.9. The highest BCUT2D eigenvalue weighted by Crippen LogP contribution is 2.62. The van der Waals surface area contributed by atoms with E-state index in [1.165, 1.54) is 11.1 Å². The zero-order valence-electron chi connectivity index (χ0n) is 40.8. The van der Waals surface area contributed by atoms with E-state index in [-0.39, 0.29) is 16.2 Å². The summed E-state index contributed by atoms with van der Waals surface area (Å²) in [5, 5.41) is 0. The van der Waals surface area contributed by atoms with Crippen molar-refractivity contribution in [1.29, 1.82) is 0 Å². The van der Waals surface area contributed by atoms with Gasteiger partial charge in [0.15, 0.2) is 0 Å². The van der Waals surface area contributed by atoms with Gasteiger partial charge < -0.3 is 0 Å². The van der Waals surface area contributed by atoms with Gasteiger partial charge in [0.25, 0.3) is 0 Å². The zero-order chi connectivity index (χ0) is 49.1. The standard InChI is InChI=1S/C66H53Br2N3/c1-64(2)59-29-25-44(38-60(59)65(3,4)66(64,5)6)63-32-28-47(41-71-63)55-21-9-12-24-58(55)50-34-48(56-22-10-7-19-53(56)45-26-30-61(69-39-45)42-15-13-17-51(67)36-42)33-49(35-50)57-23-11-8-20-54(57)46-27-31-62(70-40-46)43-16-14-18-52(68)37-43/h7-41H,1-6H3. The molecule has 0 radical (unpaired) electrons. The van der Waals surface area contributed by atoms with Crippen molar-refractivity contribution in [2.75, 3.05) is 0 Å². The van der Waals surface area contributed by atoms with Crippen LogP contribution >= 0.6 is 31.9 Å². The predicted molar refractivity (Wildman–Crippen MR) is 304 cm³/mol. The molecule has 0 unspecified atom stereocenters. The van der Waals surface area contributed by atoms with Crippen LogP contribution in [-0.2, 0) is 10.8 Å². The molecule has 7 aromatic carbocycles. The molecule has 0 saturated carbocycles. The van der Waals surface area contributed by atoms with Crippen LogP contribution in [-0.4, -0.2) is 15.0 Å². The van der Waals surface area contributed by atoms with Crippen molar-refractivity contribution in [3.63, 3.8) is 0 Å². The lowest BCUT2D eigenvalue weighted by Crippen LogP contribution is -2.42. The molecule has 0 bridgehead atoms. The van der Waals surface area contributed by atoms with Crippen molar-refractivity contribution >= 4 is 31.9 Å². The molecule has 0 spiro atoms. The summed E-state index contributed by atoms with van der Waals surface area (Å²) in [6, 6.07) is 69.7. The Morgan fingerprint density at radius 1 is 0.282 bits per heavy atom. The summed E-state index contributed by atoms with van der Waals surface area (Å²) >= 11 is 7.27. The van der Waals surface area contributed by atoms with Crippen molar-refractivity contribution in [2.45, 2.75) is 52.4 Å². The minimum absolute atomic E-state index is 0.0125. The highest BCUT2D eigenvalue weighted by Gasteiger charge is 2.56. The molecular weight excluding hydrogens is 995 g/mol. The van der Waals surface area contributed by atoms with Gasteiger partial charge in [0.1, 0.15) is 0 Å². The molecule has 11 rings (SSSR count). The monoisotopic (exact) mass is 1050 g/mol. The van der Waals surface area contributed by atoms with Crippen LogP contribution in [0.3, 0.4) is 0 Å². The Balaban J connectivity index is 1.02. The number of hydrogen-bond donors (Lipinski definition) is 0. The zero-order valence-corrected chi connectivity index (χ0v) is 44.0. The maximum Gasteiger partial charge on any atom is 0.0702 e. The molecule has 3 heterocycles. The van der Waals surface area contributed by atoms with Crippen LogP contribution in [0, 0.1) is 5.41 Å². The Hall–Kier alpha value is -7.05. The van der Waals surface area contributed by atoms with E-state index in [4.69, 9.17) is 15.0 Å². The highest BCUT2D eigenvalue weighted by molar-refractivity contribution is 9.10. The molecule has 3 nitrogen and oxygen atoms in total. The molecule has 3 aromatic heterocycles. The quantitative estimate of drug-likeness (QED) is 0.145. The van der Waals surface area contributed by atoms with E-state index in [0.717, 1.165) is 109 Å². The lowest BCUT2D eigenvalue weighted by Gasteiger charge is -2.44. The summed E-state index contributed by atoms with van der Waals surface area (Å²) in [5.74, 6) is 0. The summed E-state index contributed by atoms with van der Waals surface area (Å²) in [7, 11) is 0. The molecule has 0 fully saturated rings. The topological polar surface area (TPSA) is 38.7 Å². The second-order valence-corrected chi connectivity index (χ2v) is 22.2. The molecule has 0 aliphatic heterocycles. The van der Waals surface area contributed by atoms with Gasteiger partial charge in [0.05, 0.1) is 17.1 Å². The van der Waals surface area contributed by atoms with Crippen LogP contribution in [0.15, 0.2) is 222 Å². The number of benzene rings is 7. The van der Waals surface area contributed by atoms with E-state index in [2.05, 4.69) is 243 Å². The summed E-state index contributed by atoms with van der Waals surface area (Å²) in [5.41, 5.74) is 22.3. The summed E-state index contributed by atoms with van der Waals surface area (Å²) in [4.78, 5) is 15.1. The molecule has 10 aromatic rings. The normalized spacial score (nSPS) is 14.3. The van der Waals surface area contributed by atoms with Gasteiger partial charge in [-0.25, -0.2) is 0 Å². The van der Waals surface area contributed by atoms with Gasteiger partial charge >= 0.3 is 0 Å². The fourth-order valence-electron chi connectivity index (χ4n) is 10.7. The van der Waals surface area contributed by atoms with Crippen LogP contribution in [0.25, 0.3) is 101 Å². The van der Waals surface area contributed by atoms with Gasteiger partial charge in [-0.2, -0.15) is 0 Å². The first-order valence-corrected chi connectivity index (χ1v) is 25.9. The number of hydrogen-bond acceptors (Lipinski definition) is 3. The van der Waals surface area contributed by atoms with Gasteiger partial charge in [-0.3, -0.25) is 15.0 Å². The first-order valence-electron chi connectivity index (χ1n) is 24.3. The molecule has 0 atom stereocenters. The van der Waals surface area contributed by atoms with Crippen LogP contribution in [0.1, 0.15) is 52.7 Å². The summed E-state index contributed by atoms with van der Waals surface area (Å²) in [6.07, 6.45) is 6.04. The Morgan fingerprint density at radius 2 is 0.606 bits per heavy atom. The van der Waals surface area contributed by atoms with Crippen molar-refractivity contribution in [2.24, 2.45) is 5.41 Å². The molecule has 1 aliphatic rings. The third kappa shape index (κ3) is 8.39. The van der Waals surface area contributed by atoms with E-state index >= 15 is 0 Å². The summed E-state index contributed by atoms with van der Waals surface area (Å²) < 4.78 is 2.06. The molecule has 1 aliphatic carbocycles. The Morgan fingerprint density at radius 3 is 0.944 bits per heavy atom. The average Bonchev–Trinajstić information content (AvgIpc) is 3.51. The molecule has 0 amide bonds. The maximum absolute atomic E-state index is 5.17. The molecule has 0 saturated heterocycles. The molecule has 71 heavy (non-hydrogen) atoms. The van der Waals surface area contributed by atoms with E-state index in [1.807, 2.05) is 42.9 Å². The lowest BCUT2D eigenvalue weighted by molar-refractivity contribution is 0.125. The van der Waals surface area contributed by atoms with Gasteiger partial charge in [-0.05, 0) is 144 Å². The van der Waals surface area contributed by atoms with Crippen LogP contribution in [0.5, 0.6) is 0 Å². The minimum Gasteiger partial charge on any atom is -0.256 e. The molecule has 0 N–H and O–H groups in total. The lowest BCUT2D eigenvalue weighted by atomic mass is 9.59. The largest absolute Gasteiger partial charge is 0.256 e. The second kappa shape index (κ2) is 18.3. The third-order valence-electron chi connectivity index (χ3n) is 15.9. The van der Waals surface area contributed by atoms with Gasteiger partial charge in [-0.1, -0.05) is 201 Å². The predicted octanol–water partition coefficient (Wildman–Crippen LogP) is 19.0. The number of fused-ring (bicyclic) bond motifs is 1. The van der Waals surface area contributed by atoms with Crippen LogP contribution in [0.2, 0.25) is 0 Å². The van der Waals surface area contributed by atoms with Gasteiger partial charge in [-0.15, -0.1) is 0 Å². The summed E-state index contributed by atoms with van der Waals surface area (Å²) in [6.45, 7) is 14.4. The van der Waals surface area contributed by atoms with Crippen molar-refractivity contribution in [3.05, 3.63) is 233 Å². The third-order valence-corrected chi connectivity index (χ3v) is 16.9. The first kappa shape index (κ1) is 46.3. The van der Waals surface area contributed by atoms with Crippen LogP contribution in [0.4, 0.5) is 0 Å². The maximum atomic E-state index is 5.17. The first-order chi connectivity index (χ1) is 34.3.